The molecular weight excluding hydrogens is 282 g/mol. The predicted molar refractivity (Wildman–Crippen MR) is 84.8 cm³/mol. The van der Waals surface area contributed by atoms with Gasteiger partial charge in [-0.25, -0.2) is 0 Å². The lowest BCUT2D eigenvalue weighted by atomic mass is 10.1. The van der Waals surface area contributed by atoms with Crippen LogP contribution < -0.4 is 5.32 Å². The average molecular weight is 295 g/mol. The Morgan fingerprint density at radius 2 is 2.14 bits per heavy atom. The van der Waals surface area contributed by atoms with Crippen LogP contribution in [0.1, 0.15) is 26.4 Å². The third kappa shape index (κ3) is 2.20. The fourth-order valence-corrected chi connectivity index (χ4v) is 3.30. The number of aromatic amines is 1. The predicted octanol–water partition coefficient (Wildman–Crippen LogP) is 3.97. The number of fused-ring (bicyclic) bond motifs is 1. The van der Waals surface area contributed by atoms with Gasteiger partial charge in [0.15, 0.2) is 0 Å². The minimum atomic E-state index is -0.208. The maximum atomic E-state index is 12.5. The molecule has 0 aliphatic heterocycles. The summed E-state index contributed by atoms with van der Waals surface area (Å²) in [7, 11) is 0. The van der Waals surface area contributed by atoms with E-state index in [1.807, 2.05) is 38.2 Å². The number of para-hydroxylation sites is 1. The highest BCUT2D eigenvalue weighted by molar-refractivity contribution is 7.16. The normalized spacial score (nSPS) is 10.5. The number of carbonyl (C=O) groups is 1. The van der Waals surface area contributed by atoms with Gasteiger partial charge in [-0.05, 0) is 31.5 Å². The van der Waals surface area contributed by atoms with E-state index in [9.17, 15) is 10.1 Å². The Labute approximate surface area is 126 Å². The van der Waals surface area contributed by atoms with Crippen LogP contribution in [-0.2, 0) is 0 Å². The van der Waals surface area contributed by atoms with E-state index >= 15 is 0 Å². The number of hydrogen-bond acceptors (Lipinski definition) is 3. The molecule has 0 unspecified atom stereocenters. The first-order valence-corrected chi connectivity index (χ1v) is 7.31. The van der Waals surface area contributed by atoms with Gasteiger partial charge in [-0.2, -0.15) is 5.26 Å². The van der Waals surface area contributed by atoms with Crippen molar-refractivity contribution in [1.29, 1.82) is 5.26 Å². The van der Waals surface area contributed by atoms with Crippen LogP contribution in [-0.4, -0.2) is 10.9 Å². The van der Waals surface area contributed by atoms with Crippen molar-refractivity contribution in [3.8, 4) is 6.07 Å². The molecular formula is C16H13N3OS. The number of rotatable bonds is 2. The van der Waals surface area contributed by atoms with Crippen molar-refractivity contribution in [2.45, 2.75) is 13.8 Å². The fraction of sp³-hybridized carbons (Fsp3) is 0.125. The fourth-order valence-electron chi connectivity index (χ4n) is 2.29. The summed E-state index contributed by atoms with van der Waals surface area (Å²) in [6, 6.07) is 9.65. The Morgan fingerprint density at radius 3 is 2.90 bits per heavy atom. The van der Waals surface area contributed by atoms with E-state index in [0.717, 1.165) is 21.3 Å². The van der Waals surface area contributed by atoms with Crippen LogP contribution in [0.2, 0.25) is 0 Å². The first-order chi connectivity index (χ1) is 10.1. The molecule has 0 atom stereocenters. The number of H-pyrrole nitrogens is 1. The first-order valence-electron chi connectivity index (χ1n) is 6.49. The molecule has 0 aliphatic carbocycles. The molecule has 2 heterocycles. The Morgan fingerprint density at radius 1 is 1.33 bits per heavy atom. The number of amides is 1. The second-order valence-corrected chi connectivity index (χ2v) is 6.03. The van der Waals surface area contributed by atoms with Gasteiger partial charge in [0.25, 0.3) is 5.91 Å². The topological polar surface area (TPSA) is 68.7 Å². The summed E-state index contributed by atoms with van der Waals surface area (Å²) in [4.78, 5) is 16.6. The monoisotopic (exact) mass is 295 g/mol. The molecule has 2 N–H and O–H groups in total. The van der Waals surface area contributed by atoms with Crippen LogP contribution in [0.5, 0.6) is 0 Å². The second kappa shape index (κ2) is 5.08. The van der Waals surface area contributed by atoms with Gasteiger partial charge in [0, 0.05) is 16.5 Å². The standard InChI is InChI=1S/C16H13N3OS/c1-9-10(2)21-16(13(9)8-17)19-15(20)12-5-3-4-11-6-7-18-14(11)12/h3-7,18H,1-2H3,(H,19,20). The summed E-state index contributed by atoms with van der Waals surface area (Å²) in [5.74, 6) is -0.208. The van der Waals surface area contributed by atoms with Gasteiger partial charge in [0.1, 0.15) is 11.1 Å². The highest BCUT2D eigenvalue weighted by Crippen LogP contribution is 2.32. The number of nitrogens with one attached hydrogen (secondary N) is 2. The molecule has 3 rings (SSSR count). The SMILES string of the molecule is Cc1sc(NC(=O)c2cccc3cc[nH]c23)c(C#N)c1C. The zero-order valence-corrected chi connectivity index (χ0v) is 12.5. The van der Waals surface area contributed by atoms with Crippen molar-refractivity contribution in [2.24, 2.45) is 0 Å². The molecule has 21 heavy (non-hydrogen) atoms. The zero-order chi connectivity index (χ0) is 15.0. The summed E-state index contributed by atoms with van der Waals surface area (Å²) < 4.78 is 0. The number of carbonyl (C=O) groups excluding carboxylic acids is 1. The van der Waals surface area contributed by atoms with E-state index in [-0.39, 0.29) is 5.91 Å². The third-order valence-corrected chi connectivity index (χ3v) is 4.68. The Bertz CT molecular complexity index is 883. The lowest BCUT2D eigenvalue weighted by Crippen LogP contribution is -2.12. The van der Waals surface area contributed by atoms with Crippen molar-refractivity contribution < 1.29 is 4.79 Å². The first kappa shape index (κ1) is 13.4. The summed E-state index contributed by atoms with van der Waals surface area (Å²) in [5.41, 5.74) is 2.85. The largest absolute Gasteiger partial charge is 0.361 e. The lowest BCUT2D eigenvalue weighted by Gasteiger charge is -2.05. The molecule has 3 aromatic rings. The van der Waals surface area contributed by atoms with Gasteiger partial charge >= 0.3 is 0 Å². The van der Waals surface area contributed by atoms with Crippen molar-refractivity contribution in [2.75, 3.05) is 5.32 Å². The molecule has 0 aliphatic rings. The summed E-state index contributed by atoms with van der Waals surface area (Å²) in [5, 5.41) is 13.7. The number of hydrogen-bond donors (Lipinski definition) is 2. The van der Waals surface area contributed by atoms with E-state index < -0.39 is 0 Å². The van der Waals surface area contributed by atoms with Gasteiger partial charge in [-0.3, -0.25) is 4.79 Å². The molecule has 1 amide bonds. The van der Waals surface area contributed by atoms with Gasteiger partial charge in [0.05, 0.1) is 16.6 Å². The Balaban J connectivity index is 1.99. The number of nitriles is 1. The molecule has 0 spiro atoms. The molecule has 4 nitrogen and oxygen atoms in total. The van der Waals surface area contributed by atoms with Crippen molar-refractivity contribution in [3.05, 3.63) is 52.0 Å². The van der Waals surface area contributed by atoms with E-state index in [1.165, 1.54) is 11.3 Å². The van der Waals surface area contributed by atoms with Gasteiger partial charge in [-0.15, -0.1) is 11.3 Å². The molecule has 2 aromatic heterocycles. The van der Waals surface area contributed by atoms with E-state index in [4.69, 9.17) is 0 Å². The van der Waals surface area contributed by atoms with Crippen LogP contribution in [0, 0.1) is 25.2 Å². The van der Waals surface area contributed by atoms with Gasteiger partial charge < -0.3 is 10.3 Å². The molecule has 5 heteroatoms. The minimum Gasteiger partial charge on any atom is -0.361 e. The number of aryl methyl sites for hydroxylation is 1. The number of nitrogens with zero attached hydrogens (tertiary/aromatic N) is 1. The Kier molecular flexibility index (Phi) is 3.24. The highest BCUT2D eigenvalue weighted by atomic mass is 32.1. The quantitative estimate of drug-likeness (QED) is 0.751. The van der Waals surface area contributed by atoms with Crippen LogP contribution >= 0.6 is 11.3 Å². The average Bonchev–Trinajstić information content (AvgIpc) is 3.04. The van der Waals surface area contributed by atoms with Crippen molar-refractivity contribution >= 4 is 33.1 Å². The molecule has 0 saturated heterocycles. The van der Waals surface area contributed by atoms with E-state index in [0.29, 0.717) is 16.1 Å². The van der Waals surface area contributed by atoms with Crippen molar-refractivity contribution in [1.82, 2.24) is 4.98 Å². The second-order valence-electron chi connectivity index (χ2n) is 4.80. The summed E-state index contributed by atoms with van der Waals surface area (Å²) in [6.45, 7) is 3.84. The molecule has 104 valence electrons. The minimum absolute atomic E-state index is 0.208. The molecule has 0 fully saturated rings. The van der Waals surface area contributed by atoms with Gasteiger partial charge in [-0.1, -0.05) is 12.1 Å². The van der Waals surface area contributed by atoms with Crippen LogP contribution in [0.25, 0.3) is 10.9 Å². The van der Waals surface area contributed by atoms with Crippen LogP contribution in [0.4, 0.5) is 5.00 Å². The molecule has 0 saturated carbocycles. The van der Waals surface area contributed by atoms with Crippen LogP contribution in [0.15, 0.2) is 30.5 Å². The lowest BCUT2D eigenvalue weighted by molar-refractivity contribution is 0.102. The zero-order valence-electron chi connectivity index (χ0n) is 11.7. The molecule has 1 aromatic carbocycles. The molecule has 0 radical (unpaired) electrons. The smallest absolute Gasteiger partial charge is 0.258 e. The number of aromatic nitrogens is 1. The number of benzene rings is 1. The van der Waals surface area contributed by atoms with Gasteiger partial charge in [0.2, 0.25) is 0 Å². The summed E-state index contributed by atoms with van der Waals surface area (Å²) in [6.07, 6.45) is 1.81. The number of anilines is 1. The summed E-state index contributed by atoms with van der Waals surface area (Å²) >= 11 is 1.43. The maximum absolute atomic E-state index is 12.5. The van der Waals surface area contributed by atoms with E-state index in [1.54, 1.807) is 6.07 Å². The number of thiophene rings is 1. The molecule has 0 bridgehead atoms. The van der Waals surface area contributed by atoms with Crippen LogP contribution in [0.3, 0.4) is 0 Å². The Hall–Kier alpha value is -2.58. The van der Waals surface area contributed by atoms with E-state index in [2.05, 4.69) is 16.4 Å². The van der Waals surface area contributed by atoms with Crippen molar-refractivity contribution in [3.63, 3.8) is 0 Å². The third-order valence-electron chi connectivity index (χ3n) is 3.56. The highest BCUT2D eigenvalue weighted by Gasteiger charge is 2.17. The maximum Gasteiger partial charge on any atom is 0.258 e.